The second-order valence-electron chi connectivity index (χ2n) is 0.762. The van der Waals surface area contributed by atoms with Crippen molar-refractivity contribution in [2.45, 2.75) is 6.29 Å². The fourth-order valence-corrected chi connectivity index (χ4v) is 0.0556. The molecule has 0 aliphatic carbocycles. The molecule has 0 bridgehead atoms. The molecule has 0 aromatic carbocycles. The highest BCUT2D eigenvalue weighted by Crippen LogP contribution is 1.70. The van der Waals surface area contributed by atoms with Crippen molar-refractivity contribution in [3.8, 4) is 0 Å². The lowest BCUT2D eigenvalue weighted by Crippen LogP contribution is -2.08. The van der Waals surface area contributed by atoms with E-state index in [0.29, 0.717) is 6.29 Å². The Labute approximate surface area is 35.5 Å². The minimum Gasteiger partial charge on any atom is -0.362 e. The molecule has 0 aromatic heterocycles. The van der Waals surface area contributed by atoms with Gasteiger partial charge in [0.25, 0.3) is 0 Å². The molecule has 0 aromatic rings. The molecule has 0 saturated heterocycles. The molecule has 3 nitrogen and oxygen atoms in total. The number of hydrogen-bond donors (Lipinski definition) is 1. The highest BCUT2D eigenvalue weighted by Gasteiger charge is 1.90. The molecule has 0 unspecified atom stereocenters. The summed E-state index contributed by atoms with van der Waals surface area (Å²) in [6.07, 6.45) is -0.940. The van der Waals surface area contributed by atoms with Crippen LogP contribution in [-0.4, -0.2) is 24.8 Å². The molecule has 0 aliphatic rings. The summed E-state index contributed by atoms with van der Waals surface area (Å²) < 4.78 is 4.09. The zero-order valence-corrected chi connectivity index (χ0v) is 3.42. The summed E-state index contributed by atoms with van der Waals surface area (Å²) >= 11 is 0. The van der Waals surface area contributed by atoms with E-state index in [-0.39, 0.29) is 0 Å². The predicted molar refractivity (Wildman–Crippen MR) is 19.1 cm³/mol. The van der Waals surface area contributed by atoms with Crippen molar-refractivity contribution in [3.05, 3.63) is 0 Å². The van der Waals surface area contributed by atoms with Crippen LogP contribution in [0.5, 0.6) is 0 Å². The third kappa shape index (κ3) is 1.87. The number of aliphatic hydroxyl groups excluding tert-OH is 1. The fourth-order valence-electron chi connectivity index (χ4n) is 0.0556. The summed E-state index contributed by atoms with van der Waals surface area (Å²) in [5, 5.41) is 8.08. The first-order chi connectivity index (χ1) is 2.81. The normalized spacial score (nSPS) is 13.7. The lowest BCUT2D eigenvalue weighted by atomic mass is 10.7. The van der Waals surface area contributed by atoms with Gasteiger partial charge in [-0.05, 0) is 0 Å². The third-order valence-corrected chi connectivity index (χ3v) is 0.358. The molecule has 3 heteroatoms. The van der Waals surface area contributed by atoms with Crippen molar-refractivity contribution in [1.29, 1.82) is 0 Å². The molecular formula is C3H6O3. The fraction of sp³-hybridized carbons (Fsp3) is 0.667. The van der Waals surface area contributed by atoms with E-state index in [4.69, 9.17) is 5.11 Å². The van der Waals surface area contributed by atoms with Crippen LogP contribution in [0.3, 0.4) is 0 Å². The maximum absolute atomic E-state index is 9.36. The van der Waals surface area contributed by atoms with Crippen molar-refractivity contribution >= 4 is 6.29 Å². The van der Waals surface area contributed by atoms with E-state index in [1.54, 1.807) is 0 Å². The van der Waals surface area contributed by atoms with Gasteiger partial charge in [-0.2, -0.15) is 0 Å². The Kier molecular flexibility index (Phi) is 2.62. The molecule has 1 atom stereocenters. The van der Waals surface area contributed by atoms with Gasteiger partial charge in [-0.25, -0.2) is 0 Å². The molecule has 1 N–H and O–H groups in total. The highest BCUT2D eigenvalue weighted by atomic mass is 16.6. The van der Waals surface area contributed by atoms with E-state index >= 15 is 0 Å². The Bertz CT molecular complexity index is 43.3. The predicted octanol–water partition coefficient (Wildman–Crippen LogP) is -0.850. The summed E-state index contributed by atoms with van der Waals surface area (Å²) in [6.45, 7) is 0. The molecule has 0 spiro atoms. The molecule has 0 saturated carbocycles. The van der Waals surface area contributed by atoms with Gasteiger partial charge in [0, 0.05) is 7.11 Å². The molecule has 0 heterocycles. The molecular weight excluding hydrogens is 84.0 g/mol. The van der Waals surface area contributed by atoms with Gasteiger partial charge in [-0.1, -0.05) is 0 Å². The first-order valence-electron chi connectivity index (χ1n) is 1.47. The van der Waals surface area contributed by atoms with Crippen LogP contribution < -0.4 is 0 Å². The second-order valence-corrected chi connectivity index (χ2v) is 0.762. The molecule has 0 fully saturated rings. The molecule has 0 rings (SSSR count). The Balaban J connectivity index is 2.96. The van der Waals surface area contributed by atoms with Gasteiger partial charge in [-0.15, -0.1) is 0 Å². The van der Waals surface area contributed by atoms with E-state index < -0.39 is 6.29 Å². The van der Waals surface area contributed by atoms with E-state index in [2.05, 4.69) is 4.74 Å². The van der Waals surface area contributed by atoms with E-state index in [1.165, 1.54) is 7.11 Å². The topological polar surface area (TPSA) is 46.5 Å². The van der Waals surface area contributed by atoms with Gasteiger partial charge in [-0.3, -0.25) is 4.79 Å². The summed E-state index contributed by atoms with van der Waals surface area (Å²) in [5.74, 6) is 0. The van der Waals surface area contributed by atoms with Crippen LogP contribution in [0.4, 0.5) is 0 Å². The number of ether oxygens (including phenoxy) is 1. The first kappa shape index (κ1) is 5.59. The van der Waals surface area contributed by atoms with Crippen molar-refractivity contribution in [1.82, 2.24) is 0 Å². The van der Waals surface area contributed by atoms with Crippen LogP contribution >= 0.6 is 0 Å². The summed E-state index contributed by atoms with van der Waals surface area (Å²) in [6, 6.07) is 0. The summed E-state index contributed by atoms with van der Waals surface area (Å²) in [4.78, 5) is 9.36. The highest BCUT2D eigenvalue weighted by molar-refractivity contribution is 5.53. The van der Waals surface area contributed by atoms with Crippen LogP contribution in [0.1, 0.15) is 0 Å². The Hall–Kier alpha value is -0.410. The van der Waals surface area contributed by atoms with Crippen LogP contribution in [0.15, 0.2) is 0 Å². The van der Waals surface area contributed by atoms with Gasteiger partial charge in [0.2, 0.25) is 6.29 Å². The summed E-state index contributed by atoms with van der Waals surface area (Å²) in [5.41, 5.74) is 0. The van der Waals surface area contributed by atoms with Crippen molar-refractivity contribution in [2.75, 3.05) is 7.11 Å². The minimum absolute atomic E-state index is 0.306. The van der Waals surface area contributed by atoms with Crippen molar-refractivity contribution in [3.63, 3.8) is 0 Å². The van der Waals surface area contributed by atoms with Crippen LogP contribution in [0, 0.1) is 0 Å². The Morgan fingerprint density at radius 2 is 2.50 bits per heavy atom. The molecule has 36 valence electrons. The monoisotopic (exact) mass is 90.0 g/mol. The number of hydrogen-bond acceptors (Lipinski definition) is 3. The van der Waals surface area contributed by atoms with Gasteiger partial charge >= 0.3 is 0 Å². The second kappa shape index (κ2) is 2.81. The van der Waals surface area contributed by atoms with Gasteiger partial charge < -0.3 is 9.84 Å². The van der Waals surface area contributed by atoms with Gasteiger partial charge in [0.1, 0.15) is 0 Å². The van der Waals surface area contributed by atoms with Crippen LogP contribution in [0.2, 0.25) is 0 Å². The Morgan fingerprint density at radius 3 is 2.50 bits per heavy atom. The van der Waals surface area contributed by atoms with Gasteiger partial charge in [0.05, 0.1) is 0 Å². The molecule has 0 radical (unpaired) electrons. The van der Waals surface area contributed by atoms with Crippen LogP contribution in [-0.2, 0) is 9.53 Å². The van der Waals surface area contributed by atoms with E-state index in [0.717, 1.165) is 0 Å². The largest absolute Gasteiger partial charge is 0.362 e. The zero-order valence-electron chi connectivity index (χ0n) is 3.42. The van der Waals surface area contributed by atoms with Crippen LogP contribution in [0.25, 0.3) is 0 Å². The quantitative estimate of drug-likeness (QED) is 0.355. The SMILES string of the molecule is CO[C@H](O)C=O. The first-order valence-corrected chi connectivity index (χ1v) is 1.47. The van der Waals surface area contributed by atoms with Gasteiger partial charge in [0.15, 0.2) is 6.29 Å². The lowest BCUT2D eigenvalue weighted by Gasteiger charge is -1.92. The van der Waals surface area contributed by atoms with Crippen molar-refractivity contribution in [2.24, 2.45) is 0 Å². The molecule has 6 heavy (non-hydrogen) atoms. The molecule has 0 aliphatic heterocycles. The number of aldehydes is 1. The van der Waals surface area contributed by atoms with Crippen molar-refractivity contribution < 1.29 is 14.6 Å². The average Bonchev–Trinajstić information content (AvgIpc) is 1.65. The Morgan fingerprint density at radius 1 is 2.00 bits per heavy atom. The minimum atomic E-state index is -1.25. The third-order valence-electron chi connectivity index (χ3n) is 0.358. The molecule has 0 amide bonds. The number of carbonyl (C=O) groups is 1. The lowest BCUT2D eigenvalue weighted by molar-refractivity contribution is -0.136. The standard InChI is InChI=1S/C3H6O3/c1-6-3(5)2-4/h2-3,5H,1H3/t3-/m0/s1. The number of rotatable bonds is 2. The van der Waals surface area contributed by atoms with E-state index in [9.17, 15) is 4.79 Å². The average molecular weight is 90.1 g/mol. The zero-order chi connectivity index (χ0) is 4.99. The maximum atomic E-state index is 9.36. The number of carbonyl (C=O) groups excluding carboxylic acids is 1. The maximum Gasteiger partial charge on any atom is 0.211 e. The number of aliphatic hydroxyl groups is 1. The summed E-state index contributed by atoms with van der Waals surface area (Å²) in [7, 11) is 1.25. The smallest absolute Gasteiger partial charge is 0.211 e. The van der Waals surface area contributed by atoms with E-state index in [1.807, 2.05) is 0 Å². The number of methoxy groups -OCH3 is 1.